The maximum Gasteiger partial charge on any atom is 0.366 e. The smallest absolute Gasteiger partial charge is 0.366 e. The van der Waals surface area contributed by atoms with Crippen molar-refractivity contribution in [1.29, 1.82) is 0 Å². The molecule has 0 radical (unpaired) electrons. The summed E-state index contributed by atoms with van der Waals surface area (Å²) in [4.78, 5) is 40.2. The summed E-state index contributed by atoms with van der Waals surface area (Å²) in [6.07, 6.45) is 0. The molecule has 2 aromatic rings. The molecule has 9 nitrogen and oxygen atoms in total. The Labute approximate surface area is 152 Å². The van der Waals surface area contributed by atoms with E-state index in [0.717, 1.165) is 11.0 Å². The van der Waals surface area contributed by atoms with Gasteiger partial charge in [0.15, 0.2) is 11.4 Å². The van der Waals surface area contributed by atoms with E-state index in [1.165, 1.54) is 44.2 Å². The molecule has 27 heavy (non-hydrogen) atoms. The summed E-state index contributed by atoms with van der Waals surface area (Å²) in [6, 6.07) is 7.59. The SMILES string of the molecule is CC1(C)Oc2ccc([N+](=O)[O-])nc2N(CC(=O)Nc2ccc(F)cc2)C1=O. The number of carbonyl (C=O) groups is 2. The molecule has 1 aliphatic rings. The number of nitro groups is 1. The second kappa shape index (κ2) is 6.63. The number of pyridine rings is 1. The molecule has 1 aromatic carbocycles. The number of benzene rings is 1. The molecule has 0 bridgehead atoms. The fourth-order valence-electron chi connectivity index (χ4n) is 2.56. The molecule has 1 N–H and O–H groups in total. The van der Waals surface area contributed by atoms with Gasteiger partial charge in [0.05, 0.1) is 0 Å². The third kappa shape index (κ3) is 3.68. The molecule has 1 aliphatic heterocycles. The van der Waals surface area contributed by atoms with Gasteiger partial charge in [0.1, 0.15) is 12.4 Å². The highest BCUT2D eigenvalue weighted by molar-refractivity contribution is 6.07. The third-order valence-corrected chi connectivity index (χ3v) is 3.82. The van der Waals surface area contributed by atoms with Gasteiger partial charge < -0.3 is 20.2 Å². The van der Waals surface area contributed by atoms with Crippen LogP contribution in [0.2, 0.25) is 0 Å². The maximum atomic E-state index is 13.0. The number of hydrogen-bond donors (Lipinski definition) is 1. The molecule has 0 unspecified atom stereocenters. The number of amides is 2. The van der Waals surface area contributed by atoms with E-state index in [1.807, 2.05) is 0 Å². The minimum atomic E-state index is -1.28. The van der Waals surface area contributed by atoms with Crippen LogP contribution < -0.4 is 15.0 Å². The highest BCUT2D eigenvalue weighted by Crippen LogP contribution is 2.37. The van der Waals surface area contributed by atoms with Gasteiger partial charge in [-0.15, -0.1) is 0 Å². The number of carbonyl (C=O) groups excluding carboxylic acids is 2. The Hall–Kier alpha value is -3.56. The molecule has 1 aromatic heterocycles. The summed E-state index contributed by atoms with van der Waals surface area (Å²) in [7, 11) is 0. The van der Waals surface area contributed by atoms with Gasteiger partial charge in [0, 0.05) is 11.8 Å². The third-order valence-electron chi connectivity index (χ3n) is 3.82. The molecule has 0 atom stereocenters. The van der Waals surface area contributed by atoms with Crippen molar-refractivity contribution < 1.29 is 23.6 Å². The first kappa shape index (κ1) is 18.2. The lowest BCUT2D eigenvalue weighted by atomic mass is 10.1. The number of hydrogen-bond acceptors (Lipinski definition) is 6. The number of nitrogens with one attached hydrogen (secondary N) is 1. The molecular weight excluding hydrogens is 359 g/mol. The first-order valence-electron chi connectivity index (χ1n) is 7.89. The van der Waals surface area contributed by atoms with Crippen molar-refractivity contribution in [2.75, 3.05) is 16.8 Å². The molecule has 0 saturated carbocycles. The summed E-state index contributed by atoms with van der Waals surface area (Å²) in [6.45, 7) is 2.60. The van der Waals surface area contributed by atoms with E-state index >= 15 is 0 Å². The molecule has 140 valence electrons. The van der Waals surface area contributed by atoms with Crippen LogP contribution in [0.5, 0.6) is 5.75 Å². The van der Waals surface area contributed by atoms with Gasteiger partial charge in [-0.25, -0.2) is 4.39 Å². The van der Waals surface area contributed by atoms with E-state index in [0.29, 0.717) is 5.69 Å². The Balaban J connectivity index is 1.89. The van der Waals surface area contributed by atoms with E-state index in [9.17, 15) is 24.1 Å². The van der Waals surface area contributed by atoms with Crippen LogP contribution in [-0.2, 0) is 9.59 Å². The number of anilines is 2. The number of halogens is 1. The zero-order chi connectivity index (χ0) is 19.8. The number of aromatic nitrogens is 1. The van der Waals surface area contributed by atoms with Crippen molar-refractivity contribution in [2.45, 2.75) is 19.4 Å². The van der Waals surface area contributed by atoms with E-state index in [-0.39, 0.29) is 11.6 Å². The zero-order valence-corrected chi connectivity index (χ0v) is 14.4. The van der Waals surface area contributed by atoms with Crippen molar-refractivity contribution in [1.82, 2.24) is 4.98 Å². The minimum absolute atomic E-state index is 0.109. The topological polar surface area (TPSA) is 115 Å². The van der Waals surface area contributed by atoms with Crippen LogP contribution in [0.3, 0.4) is 0 Å². The maximum absolute atomic E-state index is 13.0. The molecule has 10 heteroatoms. The van der Waals surface area contributed by atoms with Gasteiger partial charge in [-0.1, -0.05) is 0 Å². The average Bonchev–Trinajstić information content (AvgIpc) is 2.60. The van der Waals surface area contributed by atoms with Crippen LogP contribution in [0.25, 0.3) is 0 Å². The first-order valence-corrected chi connectivity index (χ1v) is 7.89. The van der Waals surface area contributed by atoms with Crippen LogP contribution in [0.15, 0.2) is 36.4 Å². The Morgan fingerprint density at radius 1 is 1.30 bits per heavy atom. The van der Waals surface area contributed by atoms with Crippen molar-refractivity contribution in [3.05, 3.63) is 52.3 Å². The summed E-state index contributed by atoms with van der Waals surface area (Å²) in [5.41, 5.74) is -0.936. The normalized spacial score (nSPS) is 14.9. The largest absolute Gasteiger partial charge is 0.472 e. The molecule has 0 spiro atoms. The van der Waals surface area contributed by atoms with Crippen molar-refractivity contribution in [3.8, 4) is 5.75 Å². The zero-order valence-electron chi connectivity index (χ0n) is 14.4. The van der Waals surface area contributed by atoms with Crippen LogP contribution in [0.4, 0.5) is 21.7 Å². The second-order valence-electron chi connectivity index (χ2n) is 6.31. The molecule has 2 heterocycles. The van der Waals surface area contributed by atoms with Gasteiger partial charge in [-0.2, -0.15) is 0 Å². The lowest BCUT2D eigenvalue weighted by Gasteiger charge is -2.35. The van der Waals surface area contributed by atoms with Crippen molar-refractivity contribution >= 4 is 29.1 Å². The fourth-order valence-corrected chi connectivity index (χ4v) is 2.56. The fraction of sp³-hybridized carbons (Fsp3) is 0.235. The molecule has 0 fully saturated rings. The van der Waals surface area contributed by atoms with Gasteiger partial charge >= 0.3 is 5.82 Å². The predicted octanol–water partition coefficient (Wildman–Crippen LogP) is 2.27. The summed E-state index contributed by atoms with van der Waals surface area (Å²) >= 11 is 0. The number of rotatable bonds is 4. The Morgan fingerprint density at radius 3 is 2.59 bits per heavy atom. The summed E-state index contributed by atoms with van der Waals surface area (Å²) < 4.78 is 18.5. The van der Waals surface area contributed by atoms with E-state index in [1.54, 1.807) is 0 Å². The Morgan fingerprint density at radius 2 is 1.96 bits per heavy atom. The number of fused-ring (bicyclic) bond motifs is 1. The van der Waals surface area contributed by atoms with Crippen LogP contribution in [0, 0.1) is 15.9 Å². The van der Waals surface area contributed by atoms with E-state index in [2.05, 4.69) is 10.3 Å². The molecule has 3 rings (SSSR count). The van der Waals surface area contributed by atoms with Crippen LogP contribution in [0.1, 0.15) is 13.8 Å². The first-order chi connectivity index (χ1) is 12.7. The van der Waals surface area contributed by atoms with E-state index in [4.69, 9.17) is 4.74 Å². The quantitative estimate of drug-likeness (QED) is 0.648. The van der Waals surface area contributed by atoms with Gasteiger partial charge in [0.25, 0.3) is 11.7 Å². The molecule has 0 aliphatic carbocycles. The summed E-state index contributed by atoms with van der Waals surface area (Å²) in [5, 5.41) is 13.5. The Bertz CT molecular complexity index is 929. The highest BCUT2D eigenvalue weighted by Gasteiger charge is 2.45. The van der Waals surface area contributed by atoms with Crippen LogP contribution >= 0.6 is 0 Å². The predicted molar refractivity (Wildman–Crippen MR) is 93.0 cm³/mol. The average molecular weight is 374 g/mol. The molecular formula is C17H15FN4O5. The second-order valence-corrected chi connectivity index (χ2v) is 6.31. The van der Waals surface area contributed by atoms with Crippen molar-refractivity contribution in [2.24, 2.45) is 0 Å². The number of ether oxygens (including phenoxy) is 1. The standard InChI is InChI=1S/C17H15FN4O5/c1-17(2)16(24)21(9-14(23)19-11-5-3-10(18)4-6-11)15-12(27-17)7-8-13(20-15)22(25)26/h3-8H,9H2,1-2H3,(H,19,23). The number of nitrogens with zero attached hydrogens (tertiary/aromatic N) is 3. The van der Waals surface area contributed by atoms with Crippen molar-refractivity contribution in [3.63, 3.8) is 0 Å². The van der Waals surface area contributed by atoms with Gasteiger partial charge in [0.2, 0.25) is 5.91 Å². The van der Waals surface area contributed by atoms with Crippen LogP contribution in [-0.4, -0.2) is 33.9 Å². The monoisotopic (exact) mass is 374 g/mol. The minimum Gasteiger partial charge on any atom is -0.472 e. The summed E-state index contributed by atoms with van der Waals surface area (Å²) in [5.74, 6) is -2.04. The molecule has 0 saturated heterocycles. The van der Waals surface area contributed by atoms with Gasteiger partial charge in [-0.05, 0) is 54.1 Å². The highest BCUT2D eigenvalue weighted by atomic mass is 19.1. The van der Waals surface area contributed by atoms with E-state index < -0.39 is 40.5 Å². The lowest BCUT2D eigenvalue weighted by molar-refractivity contribution is -0.389. The Kier molecular flexibility index (Phi) is 4.48. The van der Waals surface area contributed by atoms with Gasteiger partial charge in [-0.3, -0.25) is 14.5 Å². The molecule has 2 amide bonds. The lowest BCUT2D eigenvalue weighted by Crippen LogP contribution is -2.54.